The molecule has 0 bridgehead atoms. The van der Waals surface area contributed by atoms with Crippen molar-refractivity contribution in [1.82, 2.24) is 39.8 Å². The van der Waals surface area contributed by atoms with E-state index in [4.69, 9.17) is 9.97 Å². The zero-order valence-electron chi connectivity index (χ0n) is 22.9. The van der Waals surface area contributed by atoms with Crippen molar-refractivity contribution in [3.05, 3.63) is 77.5 Å². The summed E-state index contributed by atoms with van der Waals surface area (Å²) in [6, 6.07) is 7.44. The summed E-state index contributed by atoms with van der Waals surface area (Å²) in [5.74, 6) is 2.41. The average Bonchev–Trinajstić information content (AvgIpc) is 3.57. The van der Waals surface area contributed by atoms with E-state index in [0.29, 0.717) is 36.2 Å². The number of halogens is 1. The molecule has 1 spiro atoms. The zero-order chi connectivity index (χ0) is 27.9. The van der Waals surface area contributed by atoms with Crippen LogP contribution < -0.4 is 5.32 Å². The molecule has 1 amide bonds. The topological polar surface area (TPSA) is 118 Å². The van der Waals surface area contributed by atoms with Crippen LogP contribution in [0.25, 0.3) is 11.4 Å². The molecule has 10 nitrogen and oxygen atoms in total. The Hall–Kier alpha value is -4.41. The van der Waals surface area contributed by atoms with Gasteiger partial charge in [-0.1, -0.05) is 12.1 Å². The Balaban J connectivity index is 1.17. The lowest BCUT2D eigenvalue weighted by Gasteiger charge is -2.45. The van der Waals surface area contributed by atoms with E-state index in [1.54, 1.807) is 12.3 Å². The smallest absolute Gasteiger partial charge is 0.229 e. The average molecular weight is 542 g/mol. The first-order chi connectivity index (χ1) is 19.3. The molecule has 1 saturated heterocycles. The van der Waals surface area contributed by atoms with Crippen molar-refractivity contribution in [3.8, 4) is 5.82 Å². The lowest BCUT2D eigenvalue weighted by atomic mass is 9.69. The van der Waals surface area contributed by atoms with Gasteiger partial charge in [0.05, 0.1) is 23.9 Å². The van der Waals surface area contributed by atoms with E-state index >= 15 is 0 Å². The number of piperidine rings is 1. The number of amides is 1. The molecule has 1 aliphatic heterocycles. The van der Waals surface area contributed by atoms with E-state index < -0.39 is 11.2 Å². The summed E-state index contributed by atoms with van der Waals surface area (Å²) in [4.78, 5) is 29.8. The number of aryl methyl sites for hydroxylation is 2. The SMILES string of the molecule is Cc1cc(Nc2cc(C)[nH]n2)nc(C2=CCC3(CCCN([C@H](C)c4ccc(-n5cc(F)cn5)nc4)C3=O)CC2)n1. The highest BCUT2D eigenvalue weighted by atomic mass is 19.1. The molecule has 2 aliphatic rings. The van der Waals surface area contributed by atoms with Crippen molar-refractivity contribution < 1.29 is 9.18 Å². The second-order valence-corrected chi connectivity index (χ2v) is 10.8. The van der Waals surface area contributed by atoms with Crippen LogP contribution in [0.1, 0.15) is 67.8 Å². The third kappa shape index (κ3) is 4.99. The molecule has 11 heteroatoms. The zero-order valence-corrected chi connectivity index (χ0v) is 22.9. The van der Waals surface area contributed by atoms with Crippen LogP contribution in [0.3, 0.4) is 0 Å². The van der Waals surface area contributed by atoms with Crippen molar-refractivity contribution in [3.63, 3.8) is 0 Å². The van der Waals surface area contributed by atoms with Crippen LogP contribution in [0.15, 0.2) is 48.9 Å². The standard InChI is InChI=1S/C29H32FN9O/c1-18-13-24(34-25-14-19(2)36-37-25)35-27(33-18)21-7-10-29(11-8-21)9-4-12-38(28(29)40)20(3)22-5-6-26(31-15-22)39-17-23(30)16-32-39/h5-7,13-17,20H,4,8-12H2,1-3H3,(H2,33,34,35,36,37)/t20-,29?/m1/s1. The van der Waals surface area contributed by atoms with E-state index in [1.165, 1.54) is 10.9 Å². The Morgan fingerprint density at radius 3 is 2.67 bits per heavy atom. The number of nitrogens with one attached hydrogen (secondary N) is 2. The largest absolute Gasteiger partial charge is 0.335 e. The van der Waals surface area contributed by atoms with Gasteiger partial charge in [-0.05, 0) is 70.1 Å². The number of rotatable bonds is 6. The van der Waals surface area contributed by atoms with Gasteiger partial charge in [-0.15, -0.1) is 0 Å². The van der Waals surface area contributed by atoms with Crippen LogP contribution >= 0.6 is 0 Å². The van der Waals surface area contributed by atoms with Gasteiger partial charge in [0.1, 0.15) is 5.82 Å². The van der Waals surface area contributed by atoms with Crippen LogP contribution in [-0.4, -0.2) is 52.3 Å². The summed E-state index contributed by atoms with van der Waals surface area (Å²) in [5.41, 5.74) is 3.44. The van der Waals surface area contributed by atoms with Crippen molar-refractivity contribution >= 4 is 23.1 Å². The molecule has 2 atom stereocenters. The summed E-state index contributed by atoms with van der Waals surface area (Å²) in [5, 5.41) is 14.4. The predicted molar refractivity (Wildman–Crippen MR) is 148 cm³/mol. The van der Waals surface area contributed by atoms with Crippen molar-refractivity contribution in [2.24, 2.45) is 5.41 Å². The Morgan fingerprint density at radius 1 is 1.12 bits per heavy atom. The molecule has 1 fully saturated rings. The van der Waals surface area contributed by atoms with E-state index in [-0.39, 0.29) is 11.9 Å². The number of H-pyrrole nitrogens is 1. The van der Waals surface area contributed by atoms with Gasteiger partial charge in [0.15, 0.2) is 23.3 Å². The molecule has 1 aliphatic carbocycles. The van der Waals surface area contributed by atoms with Gasteiger partial charge in [0, 0.05) is 36.3 Å². The molecule has 5 heterocycles. The summed E-state index contributed by atoms with van der Waals surface area (Å²) >= 11 is 0. The fourth-order valence-electron chi connectivity index (χ4n) is 5.77. The Morgan fingerprint density at radius 2 is 2.00 bits per heavy atom. The molecular formula is C29H32FN9O. The Kier molecular flexibility index (Phi) is 6.65. The number of carbonyl (C=O) groups excluding carboxylic acids is 1. The van der Waals surface area contributed by atoms with E-state index in [9.17, 15) is 9.18 Å². The number of hydrogen-bond donors (Lipinski definition) is 2. The molecule has 0 aromatic carbocycles. The second kappa shape index (κ2) is 10.3. The number of nitrogens with zero attached hydrogens (tertiary/aromatic N) is 7. The van der Waals surface area contributed by atoms with Gasteiger partial charge < -0.3 is 10.2 Å². The monoisotopic (exact) mass is 541 g/mol. The maximum Gasteiger partial charge on any atom is 0.229 e. The maximum atomic E-state index is 13.9. The molecular weight excluding hydrogens is 509 g/mol. The first kappa shape index (κ1) is 25.8. The number of carbonyl (C=O) groups is 1. The summed E-state index contributed by atoms with van der Waals surface area (Å²) in [7, 11) is 0. The van der Waals surface area contributed by atoms with E-state index in [0.717, 1.165) is 54.4 Å². The number of pyridine rings is 1. The van der Waals surface area contributed by atoms with Gasteiger partial charge in [0.2, 0.25) is 5.91 Å². The molecule has 6 rings (SSSR count). The molecule has 4 aromatic heterocycles. The molecule has 2 N–H and O–H groups in total. The first-order valence-electron chi connectivity index (χ1n) is 13.6. The predicted octanol–water partition coefficient (Wildman–Crippen LogP) is 5.22. The fourth-order valence-corrected chi connectivity index (χ4v) is 5.77. The van der Waals surface area contributed by atoms with Crippen LogP contribution in [0, 0.1) is 25.1 Å². The fraction of sp³-hybridized carbons (Fsp3) is 0.379. The Labute approximate surface area is 231 Å². The first-order valence-corrected chi connectivity index (χ1v) is 13.6. The lowest BCUT2D eigenvalue weighted by Crippen LogP contribution is -2.50. The molecule has 0 saturated carbocycles. The van der Waals surface area contributed by atoms with Crippen molar-refractivity contribution in [2.45, 2.75) is 58.9 Å². The minimum absolute atomic E-state index is 0.120. The van der Waals surface area contributed by atoms with Crippen LogP contribution in [-0.2, 0) is 4.79 Å². The minimum atomic E-state index is -0.414. The van der Waals surface area contributed by atoms with Crippen LogP contribution in [0.2, 0.25) is 0 Å². The quantitative estimate of drug-likeness (QED) is 0.344. The molecule has 40 heavy (non-hydrogen) atoms. The summed E-state index contributed by atoms with van der Waals surface area (Å²) in [6.45, 7) is 6.66. The number of allylic oxidation sites excluding steroid dienone is 2. The van der Waals surface area contributed by atoms with Crippen LogP contribution in [0.4, 0.5) is 16.0 Å². The highest BCUT2D eigenvalue weighted by molar-refractivity contribution is 5.85. The number of aromatic nitrogens is 7. The van der Waals surface area contributed by atoms with Crippen LogP contribution in [0.5, 0.6) is 0 Å². The van der Waals surface area contributed by atoms with Gasteiger partial charge in [-0.25, -0.2) is 24.0 Å². The summed E-state index contributed by atoms with van der Waals surface area (Å²) in [6.07, 6.45) is 10.4. The highest BCUT2D eigenvalue weighted by Gasteiger charge is 2.45. The number of anilines is 2. The maximum absolute atomic E-state index is 13.9. The van der Waals surface area contributed by atoms with Crippen molar-refractivity contribution in [2.75, 3.05) is 11.9 Å². The van der Waals surface area contributed by atoms with Gasteiger partial charge in [-0.3, -0.25) is 9.89 Å². The van der Waals surface area contributed by atoms with E-state index in [2.05, 4.69) is 31.7 Å². The van der Waals surface area contributed by atoms with Crippen molar-refractivity contribution in [1.29, 1.82) is 0 Å². The number of hydrogen-bond acceptors (Lipinski definition) is 7. The minimum Gasteiger partial charge on any atom is -0.335 e. The van der Waals surface area contributed by atoms with E-state index in [1.807, 2.05) is 43.9 Å². The number of likely N-dealkylation sites (tertiary alicyclic amines) is 1. The normalized spacial score (nSPS) is 20.1. The third-order valence-electron chi connectivity index (χ3n) is 7.99. The molecule has 0 radical (unpaired) electrons. The lowest BCUT2D eigenvalue weighted by molar-refractivity contribution is -0.149. The van der Waals surface area contributed by atoms with Gasteiger partial charge >= 0.3 is 0 Å². The summed E-state index contributed by atoms with van der Waals surface area (Å²) < 4.78 is 14.7. The van der Waals surface area contributed by atoms with Gasteiger partial charge in [-0.2, -0.15) is 10.2 Å². The third-order valence-corrected chi connectivity index (χ3v) is 7.99. The molecule has 1 unspecified atom stereocenters. The second-order valence-electron chi connectivity index (χ2n) is 10.8. The van der Waals surface area contributed by atoms with Gasteiger partial charge in [0.25, 0.3) is 0 Å². The molecule has 206 valence electrons. The molecule has 4 aromatic rings. The Bertz CT molecular complexity index is 1570. The highest BCUT2D eigenvalue weighted by Crippen LogP contribution is 2.46. The number of aromatic amines is 1.